The molecular weight excluding hydrogens is 637 g/mol. The molecule has 14 heteroatoms. The molecular formula is C32H22F5NO7S. The highest BCUT2D eigenvalue weighted by Crippen LogP contribution is 2.36. The molecule has 0 aliphatic heterocycles. The Morgan fingerprint density at radius 1 is 0.826 bits per heavy atom. The molecule has 1 aromatic heterocycles. The van der Waals surface area contributed by atoms with Gasteiger partial charge in [0, 0.05) is 23.6 Å². The monoisotopic (exact) mass is 659 g/mol. The summed E-state index contributed by atoms with van der Waals surface area (Å²) in [5.74, 6) is -17.3. The number of carboxylic acids is 1. The molecule has 5 aromatic rings. The van der Waals surface area contributed by atoms with Crippen LogP contribution in [-0.4, -0.2) is 30.7 Å². The summed E-state index contributed by atoms with van der Waals surface area (Å²) >= 11 is 0. The van der Waals surface area contributed by atoms with E-state index in [-0.39, 0.29) is 51.5 Å². The van der Waals surface area contributed by atoms with Crippen LogP contribution in [0.1, 0.15) is 38.3 Å². The van der Waals surface area contributed by atoms with Gasteiger partial charge in [0.25, 0.3) is 10.1 Å². The average Bonchev–Trinajstić information content (AvgIpc) is 2.99. The zero-order chi connectivity index (χ0) is 33.7. The number of carbonyl (C=O) groups is 2. The lowest BCUT2D eigenvalue weighted by Gasteiger charge is -2.17. The number of rotatable bonds is 8. The van der Waals surface area contributed by atoms with Gasteiger partial charge in [-0.2, -0.15) is 21.8 Å². The second kappa shape index (κ2) is 12.1. The molecule has 0 saturated carbocycles. The highest BCUT2D eigenvalue weighted by atomic mass is 32.2. The van der Waals surface area contributed by atoms with Gasteiger partial charge >= 0.3 is 5.97 Å². The van der Waals surface area contributed by atoms with E-state index < -0.39 is 62.6 Å². The van der Waals surface area contributed by atoms with Crippen molar-refractivity contribution in [1.82, 2.24) is 0 Å². The third-order valence-electron chi connectivity index (χ3n) is 7.30. The molecule has 0 unspecified atom stereocenters. The first-order valence-corrected chi connectivity index (χ1v) is 15.1. The summed E-state index contributed by atoms with van der Waals surface area (Å²) in [6, 6.07) is 13.4. The molecule has 0 radical (unpaired) electrons. The van der Waals surface area contributed by atoms with Crippen LogP contribution in [0.15, 0.2) is 54.6 Å². The van der Waals surface area contributed by atoms with Gasteiger partial charge in [-0.1, -0.05) is 24.3 Å². The first kappa shape index (κ1) is 32.4. The third kappa shape index (κ3) is 5.88. The molecule has 238 valence electrons. The van der Waals surface area contributed by atoms with Crippen LogP contribution in [0.5, 0.6) is 5.75 Å². The molecule has 1 N–H and O–H groups in total. The van der Waals surface area contributed by atoms with Crippen molar-refractivity contribution in [3.05, 3.63) is 106 Å². The fourth-order valence-corrected chi connectivity index (χ4v) is 5.88. The van der Waals surface area contributed by atoms with E-state index in [1.54, 1.807) is 42.7 Å². The molecule has 0 amide bonds. The highest BCUT2D eigenvalue weighted by molar-refractivity contribution is 7.85. The fraction of sp³-hybridized carbons (Fsp3) is 0.156. The normalized spacial score (nSPS) is 11.7. The zero-order valence-corrected chi connectivity index (χ0v) is 24.8. The van der Waals surface area contributed by atoms with Crippen molar-refractivity contribution < 1.29 is 58.9 Å². The van der Waals surface area contributed by atoms with Gasteiger partial charge in [-0.15, -0.1) is 0 Å². The molecule has 1 heterocycles. The van der Waals surface area contributed by atoms with Crippen LogP contribution in [0.4, 0.5) is 22.0 Å². The Kier molecular flexibility index (Phi) is 8.53. The summed E-state index contributed by atoms with van der Waals surface area (Å²) in [5.41, 5.74) is 1.31. The number of aryl methyl sites for hydroxylation is 3. The van der Waals surface area contributed by atoms with Gasteiger partial charge in [0.1, 0.15) is 0 Å². The number of hydrogen-bond donors (Lipinski definition) is 1. The fourth-order valence-electron chi connectivity index (χ4n) is 5.38. The first-order chi connectivity index (χ1) is 21.6. The molecule has 4 aromatic carbocycles. The van der Waals surface area contributed by atoms with E-state index in [0.29, 0.717) is 16.6 Å². The van der Waals surface area contributed by atoms with Gasteiger partial charge in [-0.05, 0) is 49.2 Å². The lowest BCUT2D eigenvalue weighted by Crippen LogP contribution is -2.39. The SMILES string of the molecule is Cc1cc(-c2ccccc2C(=O)Oc2c(F)c(F)c(F)c(F)c2F)c2c(c1)c(C(=O)[O-])c1ccc(C)cc1[n+]2CCCS(=O)(=O)O. The van der Waals surface area contributed by atoms with Crippen LogP contribution in [0.25, 0.3) is 32.9 Å². The van der Waals surface area contributed by atoms with Crippen molar-refractivity contribution in [1.29, 1.82) is 0 Å². The summed E-state index contributed by atoms with van der Waals surface area (Å²) in [4.78, 5) is 25.9. The average molecular weight is 660 g/mol. The number of pyridine rings is 1. The Morgan fingerprint density at radius 2 is 1.46 bits per heavy atom. The predicted octanol–water partition coefficient (Wildman–Crippen LogP) is 5.12. The number of aromatic carboxylic acids is 1. The molecule has 0 fully saturated rings. The van der Waals surface area contributed by atoms with Gasteiger partial charge in [0.05, 0.1) is 33.6 Å². The first-order valence-electron chi connectivity index (χ1n) is 13.5. The second-order valence-corrected chi connectivity index (χ2v) is 12.1. The van der Waals surface area contributed by atoms with E-state index >= 15 is 0 Å². The van der Waals surface area contributed by atoms with Crippen LogP contribution in [0, 0.1) is 42.9 Å². The Balaban J connectivity index is 1.82. The van der Waals surface area contributed by atoms with E-state index in [2.05, 4.69) is 0 Å². The molecule has 0 aliphatic carbocycles. The standard InChI is InChI=1S/C32H22F5NO7S/c1-15-8-9-19-22(14-15)38(10-5-11-46(42,43)44)29-20(12-16(2)13-21(29)23(19)31(39)40)17-6-3-4-7-18(17)32(41)45-30-27(36)25(34)24(33)26(35)28(30)37/h3-4,6-9,12-14H,5,10-11H2,1-2H3,(H-,39,40,42,43,44). The van der Waals surface area contributed by atoms with E-state index in [9.17, 15) is 49.6 Å². The summed E-state index contributed by atoms with van der Waals surface area (Å²) < 4.78 is 109. The summed E-state index contributed by atoms with van der Waals surface area (Å²) in [6.45, 7) is 3.29. The Labute approximate surface area is 258 Å². The maximum atomic E-state index is 14.4. The van der Waals surface area contributed by atoms with Crippen molar-refractivity contribution in [2.24, 2.45) is 0 Å². The van der Waals surface area contributed by atoms with Crippen LogP contribution < -0.4 is 14.4 Å². The van der Waals surface area contributed by atoms with Gasteiger partial charge in [0.2, 0.25) is 45.9 Å². The van der Waals surface area contributed by atoms with E-state index in [4.69, 9.17) is 4.74 Å². The van der Waals surface area contributed by atoms with Crippen molar-refractivity contribution in [2.45, 2.75) is 26.8 Å². The Hall–Kier alpha value is -4.95. The predicted molar refractivity (Wildman–Crippen MR) is 153 cm³/mol. The molecule has 0 saturated heterocycles. The van der Waals surface area contributed by atoms with Gasteiger partial charge in [-0.3, -0.25) is 4.55 Å². The van der Waals surface area contributed by atoms with Crippen molar-refractivity contribution in [3.8, 4) is 16.9 Å². The lowest BCUT2D eigenvalue weighted by molar-refractivity contribution is -0.644. The molecule has 0 atom stereocenters. The lowest BCUT2D eigenvalue weighted by atomic mass is 9.91. The van der Waals surface area contributed by atoms with E-state index in [1.165, 1.54) is 30.3 Å². The minimum Gasteiger partial charge on any atom is -0.545 e. The highest BCUT2D eigenvalue weighted by Gasteiger charge is 2.31. The van der Waals surface area contributed by atoms with Crippen LogP contribution in [0.2, 0.25) is 0 Å². The second-order valence-electron chi connectivity index (χ2n) is 10.5. The third-order valence-corrected chi connectivity index (χ3v) is 8.10. The van der Waals surface area contributed by atoms with Crippen molar-refractivity contribution >= 4 is 43.9 Å². The maximum Gasteiger partial charge on any atom is 0.344 e. The van der Waals surface area contributed by atoms with Crippen LogP contribution >= 0.6 is 0 Å². The Bertz CT molecular complexity index is 2190. The smallest absolute Gasteiger partial charge is 0.344 e. The summed E-state index contributed by atoms with van der Waals surface area (Å²) in [7, 11) is -4.38. The summed E-state index contributed by atoms with van der Waals surface area (Å²) in [5, 5.41) is 13.0. The van der Waals surface area contributed by atoms with Gasteiger partial charge < -0.3 is 14.6 Å². The number of ether oxygens (including phenoxy) is 1. The summed E-state index contributed by atoms with van der Waals surface area (Å²) in [6.07, 6.45) is -0.121. The number of halogens is 5. The van der Waals surface area contributed by atoms with Crippen LogP contribution in [0.3, 0.4) is 0 Å². The van der Waals surface area contributed by atoms with Crippen molar-refractivity contribution in [3.63, 3.8) is 0 Å². The Morgan fingerprint density at radius 3 is 2.09 bits per heavy atom. The van der Waals surface area contributed by atoms with Crippen molar-refractivity contribution in [2.75, 3.05) is 5.75 Å². The molecule has 5 rings (SSSR count). The number of benzene rings is 4. The number of carbonyl (C=O) groups excluding carboxylic acids is 2. The quantitative estimate of drug-likeness (QED) is 0.0359. The number of carboxylic acid groups (broad SMARTS) is 1. The molecule has 0 spiro atoms. The number of fused-ring (bicyclic) bond motifs is 2. The minimum atomic E-state index is -4.38. The number of nitrogens with zero attached hydrogens (tertiary/aromatic N) is 1. The number of esters is 1. The number of aromatic nitrogens is 1. The zero-order valence-electron chi connectivity index (χ0n) is 24.0. The maximum absolute atomic E-state index is 14.4. The minimum absolute atomic E-state index is 0.0184. The molecule has 0 aliphatic rings. The van der Waals surface area contributed by atoms with E-state index in [0.717, 1.165) is 0 Å². The number of hydrogen-bond acceptors (Lipinski definition) is 6. The molecule has 46 heavy (non-hydrogen) atoms. The van der Waals surface area contributed by atoms with Gasteiger partial charge in [0.15, 0.2) is 6.54 Å². The molecule has 0 bridgehead atoms. The topological polar surface area (TPSA) is 125 Å². The largest absolute Gasteiger partial charge is 0.545 e. The van der Waals surface area contributed by atoms with Crippen LogP contribution in [-0.2, 0) is 16.7 Å². The van der Waals surface area contributed by atoms with Gasteiger partial charge in [-0.25, -0.2) is 18.0 Å². The van der Waals surface area contributed by atoms with E-state index in [1.807, 2.05) is 0 Å². The molecule has 8 nitrogen and oxygen atoms in total.